The normalized spacial score (nSPS) is 29.8. The molecule has 1 aliphatic heterocycles. The molecule has 0 radical (unpaired) electrons. The topological polar surface area (TPSA) is 65.0 Å². The van der Waals surface area contributed by atoms with Crippen molar-refractivity contribution in [2.24, 2.45) is 0 Å². The molecule has 1 heterocycles. The Morgan fingerprint density at radius 3 is 2.70 bits per heavy atom. The van der Waals surface area contributed by atoms with Crippen LogP contribution in [0.3, 0.4) is 0 Å². The molecule has 1 aliphatic rings. The number of carbonyl (C=O) groups is 1. The fourth-order valence-electron chi connectivity index (χ4n) is 2.48. The quantitative estimate of drug-likeness (QED) is 0.729. The lowest BCUT2D eigenvalue weighted by Crippen LogP contribution is -2.43. The van der Waals surface area contributed by atoms with Crippen molar-refractivity contribution in [3.63, 3.8) is 0 Å². The summed E-state index contributed by atoms with van der Waals surface area (Å²) in [5, 5.41) is 10.2. The third-order valence-corrected chi connectivity index (χ3v) is 3.46. The zero-order chi connectivity index (χ0) is 15.1. The predicted octanol–water partition coefficient (Wildman–Crippen LogP) is 2.40. The third kappa shape index (κ3) is 6.20. The van der Waals surface area contributed by atoms with E-state index in [-0.39, 0.29) is 30.6 Å². The van der Waals surface area contributed by atoms with Crippen LogP contribution in [0, 0.1) is 0 Å². The molecule has 0 spiro atoms. The molecule has 0 aromatic rings. The minimum atomic E-state index is -0.543. The summed E-state index contributed by atoms with van der Waals surface area (Å²) in [4.78, 5) is 10.8. The van der Waals surface area contributed by atoms with Gasteiger partial charge in [0, 0.05) is 13.3 Å². The summed E-state index contributed by atoms with van der Waals surface area (Å²) in [5.74, 6) is -0.286. The Bertz CT molecular complexity index is 294. The molecule has 0 aliphatic carbocycles. The molecule has 0 amide bonds. The molecular formula is C15H28O5. The minimum Gasteiger partial charge on any atom is -0.463 e. The second-order valence-corrected chi connectivity index (χ2v) is 5.64. The number of carbonyl (C=O) groups excluding carboxylic acids is 1. The zero-order valence-electron chi connectivity index (χ0n) is 13.0. The van der Waals surface area contributed by atoms with Crippen molar-refractivity contribution < 1.29 is 24.1 Å². The monoisotopic (exact) mass is 288 g/mol. The summed E-state index contributed by atoms with van der Waals surface area (Å²) in [5.41, 5.74) is 0. The zero-order valence-corrected chi connectivity index (χ0v) is 13.0. The van der Waals surface area contributed by atoms with Crippen LogP contribution >= 0.6 is 0 Å². The molecule has 1 saturated heterocycles. The lowest BCUT2D eigenvalue weighted by atomic mass is 10.0. The van der Waals surface area contributed by atoms with Gasteiger partial charge in [0.1, 0.15) is 0 Å². The van der Waals surface area contributed by atoms with Gasteiger partial charge in [0.2, 0.25) is 0 Å². The maximum atomic E-state index is 10.8. The average molecular weight is 288 g/mol. The standard InChI is InChI=1S/C15H28O5/c1-5-6-15-19-11(3)9-14(20-15)13(17)8-7-10(2)18-12(4)16/h10-11,13-15,17H,5-9H2,1-4H3. The molecule has 5 heteroatoms. The van der Waals surface area contributed by atoms with E-state index in [2.05, 4.69) is 6.92 Å². The van der Waals surface area contributed by atoms with Gasteiger partial charge in [0.15, 0.2) is 6.29 Å². The van der Waals surface area contributed by atoms with Crippen molar-refractivity contribution in [1.82, 2.24) is 0 Å². The summed E-state index contributed by atoms with van der Waals surface area (Å²) < 4.78 is 16.5. The van der Waals surface area contributed by atoms with E-state index in [1.807, 2.05) is 13.8 Å². The Labute approximate surface area is 121 Å². The van der Waals surface area contributed by atoms with Crippen LogP contribution in [-0.2, 0) is 19.0 Å². The number of hydrogen-bond donors (Lipinski definition) is 1. The second kappa shape index (κ2) is 8.60. The van der Waals surface area contributed by atoms with Crippen LogP contribution in [0.15, 0.2) is 0 Å². The number of aliphatic hydroxyl groups is 1. The van der Waals surface area contributed by atoms with Gasteiger partial charge in [0.05, 0.1) is 24.4 Å². The van der Waals surface area contributed by atoms with Gasteiger partial charge in [-0.15, -0.1) is 0 Å². The Morgan fingerprint density at radius 2 is 2.10 bits per heavy atom. The minimum absolute atomic E-state index is 0.103. The number of ether oxygens (including phenoxy) is 3. The van der Waals surface area contributed by atoms with Crippen molar-refractivity contribution in [3.05, 3.63) is 0 Å². The van der Waals surface area contributed by atoms with Gasteiger partial charge in [-0.3, -0.25) is 4.79 Å². The van der Waals surface area contributed by atoms with Crippen LogP contribution in [0.25, 0.3) is 0 Å². The van der Waals surface area contributed by atoms with Crippen molar-refractivity contribution in [2.45, 2.75) is 90.5 Å². The highest BCUT2D eigenvalue weighted by atomic mass is 16.7. The van der Waals surface area contributed by atoms with Gasteiger partial charge in [-0.05, 0) is 33.1 Å². The first-order valence-corrected chi connectivity index (χ1v) is 7.58. The van der Waals surface area contributed by atoms with Crippen LogP contribution in [0.2, 0.25) is 0 Å². The molecule has 5 unspecified atom stereocenters. The van der Waals surface area contributed by atoms with Crippen molar-refractivity contribution in [2.75, 3.05) is 0 Å². The van der Waals surface area contributed by atoms with Crippen molar-refractivity contribution in [3.8, 4) is 0 Å². The molecule has 5 nitrogen and oxygen atoms in total. The van der Waals surface area contributed by atoms with Crippen LogP contribution in [0.5, 0.6) is 0 Å². The van der Waals surface area contributed by atoms with E-state index in [4.69, 9.17) is 14.2 Å². The number of hydrogen-bond acceptors (Lipinski definition) is 5. The summed E-state index contributed by atoms with van der Waals surface area (Å²) in [7, 11) is 0. The van der Waals surface area contributed by atoms with Crippen LogP contribution in [-0.4, -0.2) is 41.8 Å². The fourth-order valence-corrected chi connectivity index (χ4v) is 2.48. The predicted molar refractivity (Wildman–Crippen MR) is 75.2 cm³/mol. The molecule has 1 fully saturated rings. The van der Waals surface area contributed by atoms with Gasteiger partial charge in [0.25, 0.3) is 0 Å². The first kappa shape index (κ1) is 17.4. The Morgan fingerprint density at radius 1 is 1.40 bits per heavy atom. The van der Waals surface area contributed by atoms with Crippen LogP contribution < -0.4 is 0 Å². The maximum absolute atomic E-state index is 10.8. The molecule has 0 aromatic heterocycles. The number of rotatable bonds is 7. The summed E-state index contributed by atoms with van der Waals surface area (Å²) in [6.45, 7) is 7.32. The summed E-state index contributed by atoms with van der Waals surface area (Å²) >= 11 is 0. The van der Waals surface area contributed by atoms with Crippen LogP contribution in [0.1, 0.15) is 59.8 Å². The maximum Gasteiger partial charge on any atom is 0.302 e. The first-order chi connectivity index (χ1) is 9.42. The second-order valence-electron chi connectivity index (χ2n) is 5.64. The van der Waals surface area contributed by atoms with E-state index >= 15 is 0 Å². The molecule has 0 bridgehead atoms. The fraction of sp³-hybridized carbons (Fsp3) is 0.933. The van der Waals surface area contributed by atoms with Gasteiger partial charge in [-0.1, -0.05) is 13.3 Å². The molecule has 1 rings (SSSR count). The highest BCUT2D eigenvalue weighted by Crippen LogP contribution is 2.25. The van der Waals surface area contributed by atoms with E-state index in [1.54, 1.807) is 0 Å². The molecular weight excluding hydrogens is 260 g/mol. The number of esters is 1. The van der Waals surface area contributed by atoms with Gasteiger partial charge >= 0.3 is 5.97 Å². The summed E-state index contributed by atoms with van der Waals surface area (Å²) in [6, 6.07) is 0. The lowest BCUT2D eigenvalue weighted by molar-refractivity contribution is -0.258. The molecule has 20 heavy (non-hydrogen) atoms. The van der Waals surface area contributed by atoms with Gasteiger partial charge in [-0.2, -0.15) is 0 Å². The molecule has 1 N–H and O–H groups in total. The van der Waals surface area contributed by atoms with E-state index in [1.165, 1.54) is 6.92 Å². The van der Waals surface area contributed by atoms with Gasteiger partial charge < -0.3 is 19.3 Å². The Balaban J connectivity index is 2.37. The largest absolute Gasteiger partial charge is 0.463 e. The van der Waals surface area contributed by atoms with E-state index in [0.29, 0.717) is 19.3 Å². The molecule has 0 aromatic carbocycles. The Hall–Kier alpha value is -0.650. The SMILES string of the molecule is CCCC1OC(C)CC(C(O)CCC(C)OC(C)=O)O1. The third-order valence-electron chi connectivity index (χ3n) is 3.46. The van der Waals surface area contributed by atoms with Gasteiger partial charge in [-0.25, -0.2) is 0 Å². The van der Waals surface area contributed by atoms with Crippen molar-refractivity contribution >= 4 is 5.97 Å². The lowest BCUT2D eigenvalue weighted by Gasteiger charge is -2.36. The first-order valence-electron chi connectivity index (χ1n) is 7.58. The Kier molecular flexibility index (Phi) is 7.48. The van der Waals surface area contributed by atoms with E-state index in [9.17, 15) is 9.90 Å². The molecule has 0 saturated carbocycles. The van der Waals surface area contributed by atoms with E-state index in [0.717, 1.165) is 12.8 Å². The van der Waals surface area contributed by atoms with Crippen LogP contribution in [0.4, 0.5) is 0 Å². The highest BCUT2D eigenvalue weighted by molar-refractivity contribution is 5.66. The molecule has 5 atom stereocenters. The molecule has 118 valence electrons. The number of aliphatic hydroxyl groups excluding tert-OH is 1. The van der Waals surface area contributed by atoms with Crippen molar-refractivity contribution in [1.29, 1.82) is 0 Å². The highest BCUT2D eigenvalue weighted by Gasteiger charge is 2.31. The average Bonchev–Trinajstić information content (AvgIpc) is 2.34. The van der Waals surface area contributed by atoms with E-state index < -0.39 is 6.10 Å². The smallest absolute Gasteiger partial charge is 0.302 e. The summed E-state index contributed by atoms with van der Waals surface area (Å²) in [6.07, 6.45) is 2.70.